The Kier molecular flexibility index (Phi) is 3.00. The number of nitrogens with zero attached hydrogens (tertiary/aromatic N) is 2. The summed E-state index contributed by atoms with van der Waals surface area (Å²) in [7, 11) is 0. The zero-order chi connectivity index (χ0) is 13.2. The van der Waals surface area contributed by atoms with E-state index in [-0.39, 0.29) is 5.82 Å². The Hall–Kier alpha value is -2.38. The lowest BCUT2D eigenvalue weighted by molar-refractivity contribution is 0.103. The summed E-state index contributed by atoms with van der Waals surface area (Å²) in [6.07, 6.45) is 1.57. The van der Waals surface area contributed by atoms with E-state index in [0.717, 1.165) is 0 Å². The summed E-state index contributed by atoms with van der Waals surface area (Å²) in [5.41, 5.74) is 6.14. The molecule has 2 rings (SSSR count). The second-order valence-electron chi connectivity index (χ2n) is 4.20. The van der Waals surface area contributed by atoms with E-state index in [4.69, 9.17) is 11.0 Å². The Bertz CT molecular complexity index is 614. The number of anilines is 1. The first-order valence-corrected chi connectivity index (χ1v) is 5.49. The van der Waals surface area contributed by atoms with Crippen LogP contribution in [0.15, 0.2) is 42.6 Å². The van der Waals surface area contributed by atoms with Crippen LogP contribution in [0, 0.1) is 11.3 Å². The number of hydrogen-bond acceptors (Lipinski definition) is 4. The maximum absolute atomic E-state index is 10.6. The van der Waals surface area contributed by atoms with Gasteiger partial charge in [-0.15, -0.1) is 0 Å². The predicted molar refractivity (Wildman–Crippen MR) is 68.5 cm³/mol. The maximum atomic E-state index is 10.6. The highest BCUT2D eigenvalue weighted by Crippen LogP contribution is 2.31. The average molecular weight is 239 g/mol. The molecule has 0 amide bonds. The maximum Gasteiger partial charge on any atom is 0.129 e. The largest absolute Gasteiger partial charge is 0.383 e. The number of nitrogen functional groups attached to an aromatic ring is 1. The molecule has 3 N–H and O–H groups in total. The minimum atomic E-state index is -1.27. The van der Waals surface area contributed by atoms with Gasteiger partial charge in [0.25, 0.3) is 0 Å². The molecule has 1 aromatic heterocycles. The molecule has 1 aromatic carbocycles. The molecule has 4 heteroatoms. The monoisotopic (exact) mass is 239 g/mol. The second kappa shape index (κ2) is 4.47. The third-order valence-corrected chi connectivity index (χ3v) is 2.92. The number of hydrogen-bond donors (Lipinski definition) is 2. The van der Waals surface area contributed by atoms with Crippen molar-refractivity contribution in [3.63, 3.8) is 0 Å². The van der Waals surface area contributed by atoms with Crippen molar-refractivity contribution in [3.05, 3.63) is 59.3 Å². The van der Waals surface area contributed by atoms with Crippen LogP contribution < -0.4 is 5.73 Å². The van der Waals surface area contributed by atoms with Crippen LogP contribution in [-0.4, -0.2) is 10.1 Å². The van der Waals surface area contributed by atoms with Crippen molar-refractivity contribution in [3.8, 4) is 6.07 Å². The summed E-state index contributed by atoms with van der Waals surface area (Å²) in [5, 5.41) is 19.5. The number of pyridine rings is 1. The molecular formula is C14H13N3O. The van der Waals surface area contributed by atoms with Gasteiger partial charge in [-0.2, -0.15) is 5.26 Å². The molecule has 1 heterocycles. The molecule has 0 fully saturated rings. The summed E-state index contributed by atoms with van der Waals surface area (Å²) in [6.45, 7) is 1.64. The molecular weight excluding hydrogens is 226 g/mol. The molecule has 0 bridgehead atoms. The highest BCUT2D eigenvalue weighted by Gasteiger charge is 2.28. The number of nitriles is 1. The van der Waals surface area contributed by atoms with E-state index in [0.29, 0.717) is 16.7 Å². The van der Waals surface area contributed by atoms with Gasteiger partial charge >= 0.3 is 0 Å². The Morgan fingerprint density at radius 3 is 2.78 bits per heavy atom. The predicted octanol–water partition coefficient (Wildman–Crippen LogP) is 1.79. The van der Waals surface area contributed by atoms with Crippen LogP contribution >= 0.6 is 0 Å². The normalized spacial score (nSPS) is 13.6. The van der Waals surface area contributed by atoms with E-state index < -0.39 is 5.60 Å². The minimum absolute atomic E-state index is 0.282. The zero-order valence-corrected chi connectivity index (χ0v) is 9.96. The van der Waals surface area contributed by atoms with Crippen LogP contribution in [0.25, 0.3) is 0 Å². The number of aromatic nitrogens is 1. The zero-order valence-electron chi connectivity index (χ0n) is 9.96. The molecule has 1 atom stereocenters. The van der Waals surface area contributed by atoms with E-state index in [2.05, 4.69) is 4.98 Å². The first-order valence-electron chi connectivity index (χ1n) is 5.49. The van der Waals surface area contributed by atoms with E-state index in [1.165, 1.54) is 0 Å². The van der Waals surface area contributed by atoms with Crippen LogP contribution in [0.4, 0.5) is 5.82 Å². The van der Waals surface area contributed by atoms with Gasteiger partial charge in [-0.25, -0.2) is 4.98 Å². The topological polar surface area (TPSA) is 82.9 Å². The van der Waals surface area contributed by atoms with E-state index in [1.54, 1.807) is 49.5 Å². The average Bonchev–Trinajstić information content (AvgIpc) is 2.39. The third-order valence-electron chi connectivity index (χ3n) is 2.92. The standard InChI is InChI=1S/C14H13N3O/c1-14(18,12-6-3-7-17-13(12)16)11-5-2-4-10(8-11)9-15/h2-8,18H,1H3,(H2,16,17). The summed E-state index contributed by atoms with van der Waals surface area (Å²) in [5.74, 6) is 0.282. The van der Waals surface area contributed by atoms with Gasteiger partial charge in [0.1, 0.15) is 11.4 Å². The lowest BCUT2D eigenvalue weighted by atomic mass is 9.88. The van der Waals surface area contributed by atoms with Gasteiger partial charge in [0.05, 0.1) is 11.6 Å². The molecule has 4 nitrogen and oxygen atoms in total. The Balaban J connectivity index is 2.55. The molecule has 90 valence electrons. The van der Waals surface area contributed by atoms with Gasteiger partial charge in [0, 0.05) is 11.8 Å². The number of nitrogens with two attached hydrogens (primary N) is 1. The summed E-state index contributed by atoms with van der Waals surface area (Å²) >= 11 is 0. The first kappa shape index (κ1) is 12.1. The van der Waals surface area contributed by atoms with Crippen molar-refractivity contribution in [2.24, 2.45) is 0 Å². The highest BCUT2D eigenvalue weighted by molar-refractivity contribution is 5.49. The Morgan fingerprint density at radius 1 is 1.33 bits per heavy atom. The number of rotatable bonds is 2. The minimum Gasteiger partial charge on any atom is -0.383 e. The van der Waals surface area contributed by atoms with E-state index in [9.17, 15) is 5.11 Å². The molecule has 0 saturated carbocycles. The molecule has 18 heavy (non-hydrogen) atoms. The van der Waals surface area contributed by atoms with Crippen molar-refractivity contribution in [2.75, 3.05) is 5.73 Å². The van der Waals surface area contributed by atoms with Gasteiger partial charge in [0.15, 0.2) is 0 Å². The Morgan fingerprint density at radius 2 is 2.11 bits per heavy atom. The van der Waals surface area contributed by atoms with Crippen molar-refractivity contribution in [2.45, 2.75) is 12.5 Å². The van der Waals surface area contributed by atoms with Crippen LogP contribution in [0.1, 0.15) is 23.6 Å². The van der Waals surface area contributed by atoms with Crippen molar-refractivity contribution >= 4 is 5.82 Å². The fourth-order valence-electron chi connectivity index (χ4n) is 1.88. The van der Waals surface area contributed by atoms with Crippen molar-refractivity contribution < 1.29 is 5.11 Å². The van der Waals surface area contributed by atoms with Gasteiger partial charge in [-0.1, -0.05) is 18.2 Å². The van der Waals surface area contributed by atoms with E-state index in [1.807, 2.05) is 6.07 Å². The SMILES string of the molecule is CC(O)(c1cccc(C#N)c1)c1cccnc1N. The fourth-order valence-corrected chi connectivity index (χ4v) is 1.88. The molecule has 0 spiro atoms. The molecule has 1 unspecified atom stereocenters. The molecule has 0 radical (unpaired) electrons. The summed E-state index contributed by atoms with van der Waals surface area (Å²) < 4.78 is 0. The molecule has 0 saturated heterocycles. The number of benzene rings is 1. The smallest absolute Gasteiger partial charge is 0.129 e. The van der Waals surface area contributed by atoms with E-state index >= 15 is 0 Å². The molecule has 0 aliphatic carbocycles. The van der Waals surface area contributed by atoms with Gasteiger partial charge in [0.2, 0.25) is 0 Å². The van der Waals surface area contributed by atoms with Gasteiger partial charge < -0.3 is 10.8 Å². The fraction of sp³-hybridized carbons (Fsp3) is 0.143. The van der Waals surface area contributed by atoms with Gasteiger partial charge in [-0.05, 0) is 30.7 Å². The highest BCUT2D eigenvalue weighted by atomic mass is 16.3. The molecule has 2 aromatic rings. The number of aliphatic hydroxyl groups is 1. The van der Waals surface area contributed by atoms with Crippen LogP contribution in [0.5, 0.6) is 0 Å². The lowest BCUT2D eigenvalue weighted by Crippen LogP contribution is -2.24. The quantitative estimate of drug-likeness (QED) is 0.837. The van der Waals surface area contributed by atoms with Gasteiger partial charge in [-0.3, -0.25) is 0 Å². The van der Waals surface area contributed by atoms with Crippen LogP contribution in [-0.2, 0) is 5.60 Å². The Labute approximate surface area is 105 Å². The first-order chi connectivity index (χ1) is 8.55. The second-order valence-corrected chi connectivity index (χ2v) is 4.20. The molecule has 0 aliphatic rings. The van der Waals surface area contributed by atoms with Crippen LogP contribution in [0.2, 0.25) is 0 Å². The third kappa shape index (κ3) is 2.04. The summed E-state index contributed by atoms with van der Waals surface area (Å²) in [6, 6.07) is 12.3. The van der Waals surface area contributed by atoms with Crippen molar-refractivity contribution in [1.29, 1.82) is 5.26 Å². The van der Waals surface area contributed by atoms with Crippen LogP contribution in [0.3, 0.4) is 0 Å². The molecule has 0 aliphatic heterocycles. The van der Waals surface area contributed by atoms with Crippen molar-refractivity contribution in [1.82, 2.24) is 4.98 Å². The lowest BCUT2D eigenvalue weighted by Gasteiger charge is -2.25. The summed E-state index contributed by atoms with van der Waals surface area (Å²) in [4.78, 5) is 3.97.